The number of carboxylic acids is 1. The fourth-order valence-corrected chi connectivity index (χ4v) is 4.33. The van der Waals surface area contributed by atoms with Crippen LogP contribution in [0.1, 0.15) is 46.6 Å². The Hall–Kier alpha value is -3.38. The minimum atomic E-state index is -0.787. The van der Waals surface area contributed by atoms with Gasteiger partial charge < -0.3 is 5.11 Å². The van der Waals surface area contributed by atoms with Crippen LogP contribution in [-0.4, -0.2) is 44.3 Å². The summed E-state index contributed by atoms with van der Waals surface area (Å²) in [6.45, 7) is 3.25. The van der Waals surface area contributed by atoms with Gasteiger partial charge in [-0.25, -0.2) is 9.97 Å². The minimum Gasteiger partial charge on any atom is -0.480 e. The summed E-state index contributed by atoms with van der Waals surface area (Å²) < 4.78 is 0. The van der Waals surface area contributed by atoms with Gasteiger partial charge in [0.15, 0.2) is 5.82 Å². The van der Waals surface area contributed by atoms with Crippen molar-refractivity contribution in [1.29, 1.82) is 0 Å². The lowest BCUT2D eigenvalue weighted by atomic mass is 9.94. The maximum Gasteiger partial charge on any atom is 0.320 e. The Morgan fingerprint density at radius 3 is 2.50 bits per heavy atom. The Bertz CT molecular complexity index is 1100. The molecule has 0 amide bonds. The zero-order valence-electron chi connectivity index (χ0n) is 18.2. The van der Waals surface area contributed by atoms with Crippen LogP contribution in [0.5, 0.6) is 0 Å². The van der Waals surface area contributed by atoms with Crippen molar-refractivity contribution < 1.29 is 14.7 Å². The van der Waals surface area contributed by atoms with Crippen molar-refractivity contribution in [2.75, 3.05) is 6.54 Å². The second kappa shape index (κ2) is 9.83. The second-order valence-corrected chi connectivity index (χ2v) is 8.29. The highest BCUT2D eigenvalue weighted by Crippen LogP contribution is 2.26. The van der Waals surface area contributed by atoms with Crippen molar-refractivity contribution in [3.05, 3.63) is 83.4 Å². The van der Waals surface area contributed by atoms with E-state index in [1.165, 1.54) is 0 Å². The standard InChI is InChI=1S/C26H27N3O3/c1-18-21(10-7-11-22(18)20-8-3-2-4-9-20)14-24(30)25-27-15-19(16-28-25)17-29-13-6-5-12-23(29)26(31)32/h2-4,7-11,15-16,23H,5-6,12-14,17H2,1H3,(H,31,32)/t23-/m0/s1. The summed E-state index contributed by atoms with van der Waals surface area (Å²) in [5, 5.41) is 9.44. The SMILES string of the molecule is Cc1c(CC(=O)c2ncc(CN3CCCC[C@H]3C(=O)O)cn2)cccc1-c1ccccc1. The number of piperidine rings is 1. The van der Waals surface area contributed by atoms with Crippen LogP contribution in [-0.2, 0) is 17.8 Å². The molecule has 1 saturated heterocycles. The number of benzene rings is 2. The molecule has 3 aromatic rings. The van der Waals surface area contributed by atoms with Gasteiger partial charge in [-0.15, -0.1) is 0 Å². The molecular formula is C26H27N3O3. The predicted molar refractivity (Wildman–Crippen MR) is 122 cm³/mol. The normalized spacial score (nSPS) is 16.6. The fourth-order valence-electron chi connectivity index (χ4n) is 4.33. The molecule has 1 atom stereocenters. The number of nitrogens with zero attached hydrogens (tertiary/aromatic N) is 3. The summed E-state index contributed by atoms with van der Waals surface area (Å²) in [6.07, 6.45) is 6.10. The highest BCUT2D eigenvalue weighted by Gasteiger charge is 2.28. The number of carbonyl (C=O) groups excluding carboxylic acids is 1. The first-order valence-electron chi connectivity index (χ1n) is 11.0. The van der Waals surface area contributed by atoms with Gasteiger partial charge in [0, 0.05) is 30.9 Å². The predicted octanol–water partition coefficient (Wildman–Crippen LogP) is 4.32. The van der Waals surface area contributed by atoms with E-state index in [0.29, 0.717) is 13.0 Å². The molecule has 0 unspecified atom stereocenters. The molecule has 4 rings (SSSR count). The molecule has 1 aliphatic heterocycles. The number of ketones is 1. The van der Waals surface area contributed by atoms with E-state index in [-0.39, 0.29) is 18.0 Å². The Labute approximate surface area is 188 Å². The van der Waals surface area contributed by atoms with Gasteiger partial charge in [0.2, 0.25) is 5.78 Å². The summed E-state index contributed by atoms with van der Waals surface area (Å²) in [5.41, 5.74) is 5.09. The Kier molecular flexibility index (Phi) is 6.71. The summed E-state index contributed by atoms with van der Waals surface area (Å²) in [5.74, 6) is -0.733. The number of carbonyl (C=O) groups is 2. The van der Waals surface area contributed by atoms with Crippen LogP contribution in [0.25, 0.3) is 11.1 Å². The van der Waals surface area contributed by atoms with Crippen LogP contribution in [0.2, 0.25) is 0 Å². The molecule has 2 aromatic carbocycles. The van der Waals surface area contributed by atoms with E-state index in [1.54, 1.807) is 12.4 Å². The third-order valence-electron chi connectivity index (χ3n) is 6.12. The smallest absolute Gasteiger partial charge is 0.320 e. The zero-order valence-corrected chi connectivity index (χ0v) is 18.2. The highest BCUT2D eigenvalue weighted by molar-refractivity contribution is 5.94. The second-order valence-electron chi connectivity index (χ2n) is 8.29. The van der Waals surface area contributed by atoms with Crippen molar-refractivity contribution in [1.82, 2.24) is 14.9 Å². The van der Waals surface area contributed by atoms with Crippen molar-refractivity contribution in [3.8, 4) is 11.1 Å². The van der Waals surface area contributed by atoms with Crippen molar-refractivity contribution in [2.45, 2.75) is 45.2 Å². The Morgan fingerprint density at radius 1 is 1.03 bits per heavy atom. The van der Waals surface area contributed by atoms with Gasteiger partial charge in [-0.1, -0.05) is 55.0 Å². The fraction of sp³-hybridized carbons (Fsp3) is 0.308. The van der Waals surface area contributed by atoms with Gasteiger partial charge in [-0.05, 0) is 48.6 Å². The molecule has 2 heterocycles. The third-order valence-corrected chi connectivity index (χ3v) is 6.12. The molecule has 0 spiro atoms. The lowest BCUT2D eigenvalue weighted by Crippen LogP contribution is -2.44. The van der Waals surface area contributed by atoms with Gasteiger partial charge in [-0.3, -0.25) is 14.5 Å². The average Bonchev–Trinajstić information content (AvgIpc) is 2.81. The number of rotatable bonds is 7. The molecule has 1 aromatic heterocycles. The van der Waals surface area contributed by atoms with Crippen LogP contribution < -0.4 is 0 Å². The average molecular weight is 430 g/mol. The van der Waals surface area contributed by atoms with Crippen LogP contribution >= 0.6 is 0 Å². The molecule has 1 aliphatic rings. The lowest BCUT2D eigenvalue weighted by molar-refractivity contribution is -0.144. The molecule has 0 saturated carbocycles. The number of likely N-dealkylation sites (tertiary alicyclic amines) is 1. The van der Waals surface area contributed by atoms with E-state index in [9.17, 15) is 14.7 Å². The molecule has 0 aliphatic carbocycles. The molecule has 0 bridgehead atoms. The minimum absolute atomic E-state index is 0.133. The maximum absolute atomic E-state index is 12.8. The van der Waals surface area contributed by atoms with E-state index in [4.69, 9.17) is 0 Å². The topological polar surface area (TPSA) is 83.4 Å². The van der Waals surface area contributed by atoms with Crippen molar-refractivity contribution in [2.24, 2.45) is 0 Å². The van der Waals surface area contributed by atoms with Gasteiger partial charge in [-0.2, -0.15) is 0 Å². The maximum atomic E-state index is 12.8. The number of hydrogen-bond acceptors (Lipinski definition) is 5. The number of aliphatic carboxylic acids is 1. The lowest BCUT2D eigenvalue weighted by Gasteiger charge is -2.32. The molecule has 1 N–H and O–H groups in total. The summed E-state index contributed by atoms with van der Waals surface area (Å²) >= 11 is 0. The molecule has 6 heteroatoms. The summed E-state index contributed by atoms with van der Waals surface area (Å²) in [7, 11) is 0. The number of aromatic nitrogens is 2. The van der Waals surface area contributed by atoms with Gasteiger partial charge >= 0.3 is 5.97 Å². The highest BCUT2D eigenvalue weighted by atomic mass is 16.4. The quantitative estimate of drug-likeness (QED) is 0.563. The first-order chi connectivity index (χ1) is 15.5. The first kappa shape index (κ1) is 21.8. The summed E-state index contributed by atoms with van der Waals surface area (Å²) in [6, 6.07) is 15.7. The van der Waals surface area contributed by atoms with E-state index in [0.717, 1.165) is 47.2 Å². The van der Waals surface area contributed by atoms with Crippen LogP contribution in [0.15, 0.2) is 60.9 Å². The van der Waals surface area contributed by atoms with Gasteiger partial charge in [0.05, 0.1) is 0 Å². The first-order valence-corrected chi connectivity index (χ1v) is 11.0. The van der Waals surface area contributed by atoms with E-state index < -0.39 is 12.0 Å². The monoisotopic (exact) mass is 429 g/mol. The molecule has 164 valence electrons. The van der Waals surface area contributed by atoms with Gasteiger partial charge in [0.1, 0.15) is 6.04 Å². The molecule has 32 heavy (non-hydrogen) atoms. The number of carboxylic acid groups (broad SMARTS) is 1. The third kappa shape index (κ3) is 4.92. The van der Waals surface area contributed by atoms with E-state index in [2.05, 4.69) is 28.2 Å². The van der Waals surface area contributed by atoms with Crippen LogP contribution in [0.3, 0.4) is 0 Å². The van der Waals surface area contributed by atoms with E-state index in [1.807, 2.05) is 42.2 Å². The van der Waals surface area contributed by atoms with Gasteiger partial charge in [0.25, 0.3) is 0 Å². The Morgan fingerprint density at radius 2 is 1.78 bits per heavy atom. The number of hydrogen-bond donors (Lipinski definition) is 1. The van der Waals surface area contributed by atoms with Crippen LogP contribution in [0.4, 0.5) is 0 Å². The summed E-state index contributed by atoms with van der Waals surface area (Å²) in [4.78, 5) is 34.9. The van der Waals surface area contributed by atoms with Crippen molar-refractivity contribution >= 4 is 11.8 Å². The molecule has 6 nitrogen and oxygen atoms in total. The van der Waals surface area contributed by atoms with Crippen LogP contribution in [0, 0.1) is 6.92 Å². The molecular weight excluding hydrogens is 402 g/mol. The largest absolute Gasteiger partial charge is 0.480 e. The zero-order chi connectivity index (χ0) is 22.5. The molecule has 0 radical (unpaired) electrons. The molecule has 1 fully saturated rings. The Balaban J connectivity index is 1.45. The van der Waals surface area contributed by atoms with Crippen molar-refractivity contribution in [3.63, 3.8) is 0 Å². The number of Topliss-reactive ketones (excluding diaryl/α,β-unsaturated/α-hetero) is 1. The van der Waals surface area contributed by atoms with E-state index >= 15 is 0 Å².